The first-order valence-corrected chi connectivity index (χ1v) is 13.2. The van der Waals surface area contributed by atoms with E-state index in [1.807, 2.05) is 12.1 Å². The van der Waals surface area contributed by atoms with Crippen molar-refractivity contribution in [2.24, 2.45) is 5.92 Å². The molecule has 5 heteroatoms. The molecular formula is C27H26N2OS2. The van der Waals surface area contributed by atoms with Crippen LogP contribution in [0, 0.1) is 5.92 Å². The second kappa shape index (κ2) is 8.13. The average Bonchev–Trinajstić information content (AvgIpc) is 3.38. The molecule has 2 aliphatic rings. The molecule has 0 saturated heterocycles. The van der Waals surface area contributed by atoms with Gasteiger partial charge in [0.1, 0.15) is 10.0 Å². The first-order chi connectivity index (χ1) is 15.7. The predicted octanol–water partition coefficient (Wildman–Crippen LogP) is 7.28. The summed E-state index contributed by atoms with van der Waals surface area (Å²) in [5, 5.41) is 5.29. The van der Waals surface area contributed by atoms with Crippen molar-refractivity contribution in [2.75, 3.05) is 5.32 Å². The summed E-state index contributed by atoms with van der Waals surface area (Å²) in [6, 6.07) is 14.6. The van der Waals surface area contributed by atoms with E-state index in [0.29, 0.717) is 5.92 Å². The number of fused-ring (bicyclic) bond motifs is 3. The van der Waals surface area contributed by atoms with Crippen molar-refractivity contribution in [2.45, 2.75) is 51.9 Å². The third-order valence-corrected chi connectivity index (χ3v) is 9.08. The van der Waals surface area contributed by atoms with E-state index in [1.165, 1.54) is 45.5 Å². The Morgan fingerprint density at radius 2 is 1.88 bits per heavy atom. The molecule has 0 spiro atoms. The third kappa shape index (κ3) is 3.57. The lowest BCUT2D eigenvalue weighted by molar-refractivity contribution is 0.102. The molecule has 1 amide bonds. The van der Waals surface area contributed by atoms with Gasteiger partial charge in [-0.25, -0.2) is 4.98 Å². The first kappa shape index (κ1) is 20.1. The number of hydrogen-bond acceptors (Lipinski definition) is 4. The number of hydrogen-bond donors (Lipinski definition) is 1. The zero-order valence-corrected chi connectivity index (χ0v) is 19.9. The molecule has 1 unspecified atom stereocenters. The van der Waals surface area contributed by atoms with E-state index >= 15 is 0 Å². The maximum atomic E-state index is 13.3. The van der Waals surface area contributed by atoms with Crippen LogP contribution in [-0.4, -0.2) is 10.9 Å². The summed E-state index contributed by atoms with van der Waals surface area (Å²) in [6.07, 6.45) is 8.03. The van der Waals surface area contributed by atoms with Crippen LogP contribution in [0.2, 0.25) is 0 Å². The van der Waals surface area contributed by atoms with Gasteiger partial charge in [0.05, 0.1) is 10.2 Å². The number of aryl methyl sites for hydroxylation is 2. The van der Waals surface area contributed by atoms with E-state index in [4.69, 9.17) is 4.98 Å². The number of rotatable bonds is 3. The normalized spacial score (nSPS) is 17.7. The molecule has 6 rings (SSSR count). The highest BCUT2D eigenvalue weighted by atomic mass is 32.1. The van der Waals surface area contributed by atoms with Crippen molar-refractivity contribution >= 4 is 43.8 Å². The second-order valence-electron chi connectivity index (χ2n) is 9.19. The maximum absolute atomic E-state index is 13.3. The minimum atomic E-state index is -0.00706. The first-order valence-electron chi connectivity index (χ1n) is 11.6. The van der Waals surface area contributed by atoms with E-state index in [1.54, 1.807) is 22.7 Å². The van der Waals surface area contributed by atoms with E-state index in [0.717, 1.165) is 52.3 Å². The van der Waals surface area contributed by atoms with Crippen LogP contribution >= 0.6 is 22.7 Å². The zero-order valence-electron chi connectivity index (χ0n) is 18.2. The lowest BCUT2D eigenvalue weighted by Crippen LogP contribution is -2.13. The van der Waals surface area contributed by atoms with Gasteiger partial charge in [-0.15, -0.1) is 22.7 Å². The highest BCUT2D eigenvalue weighted by molar-refractivity contribution is 7.23. The molecular weight excluding hydrogens is 432 g/mol. The quantitative estimate of drug-likeness (QED) is 0.350. The van der Waals surface area contributed by atoms with Gasteiger partial charge in [0.2, 0.25) is 0 Å². The standard InChI is InChI=1S/C27H26N2OS2/c1-16-10-13-20-23(14-16)32-27(24(20)26-28-21-8-4-5-9-22(21)31-26)29-25(30)19-12-11-17-6-2-3-7-18(17)15-19/h4-5,8-9,11-12,15-16H,2-3,6-7,10,13-14H2,1H3,(H,29,30). The maximum Gasteiger partial charge on any atom is 0.256 e. The molecule has 0 bridgehead atoms. The molecule has 3 nitrogen and oxygen atoms in total. The smallest absolute Gasteiger partial charge is 0.256 e. The molecule has 0 aliphatic heterocycles. The third-order valence-electron chi connectivity index (χ3n) is 6.86. The van der Waals surface area contributed by atoms with Crippen LogP contribution in [-0.2, 0) is 25.7 Å². The summed E-state index contributed by atoms with van der Waals surface area (Å²) >= 11 is 3.49. The van der Waals surface area contributed by atoms with Crippen molar-refractivity contribution in [1.82, 2.24) is 4.98 Å². The van der Waals surface area contributed by atoms with Crippen molar-refractivity contribution in [3.8, 4) is 10.6 Å². The van der Waals surface area contributed by atoms with Crippen LogP contribution in [0.5, 0.6) is 0 Å². The molecule has 0 saturated carbocycles. The molecule has 2 aromatic heterocycles. The van der Waals surface area contributed by atoms with Crippen LogP contribution in [0.1, 0.15) is 58.1 Å². The van der Waals surface area contributed by atoms with Gasteiger partial charge < -0.3 is 5.32 Å². The van der Waals surface area contributed by atoms with E-state index in [-0.39, 0.29) is 5.91 Å². The van der Waals surface area contributed by atoms with Gasteiger partial charge in [0.25, 0.3) is 5.91 Å². The predicted molar refractivity (Wildman–Crippen MR) is 135 cm³/mol. The van der Waals surface area contributed by atoms with Crippen LogP contribution < -0.4 is 5.32 Å². The summed E-state index contributed by atoms with van der Waals surface area (Å²) < 4.78 is 1.19. The Kier molecular flexibility index (Phi) is 5.11. The molecule has 2 aromatic carbocycles. The Labute approximate surface area is 196 Å². The topological polar surface area (TPSA) is 42.0 Å². The number of carbonyl (C=O) groups is 1. The Bertz CT molecular complexity index is 1300. The number of anilines is 1. The van der Waals surface area contributed by atoms with Gasteiger partial charge in [-0.2, -0.15) is 0 Å². The van der Waals surface area contributed by atoms with Crippen molar-refractivity contribution in [3.05, 3.63) is 69.6 Å². The average molecular weight is 459 g/mol. The second-order valence-corrected chi connectivity index (χ2v) is 11.3. The van der Waals surface area contributed by atoms with Gasteiger partial charge in [0.15, 0.2) is 0 Å². The summed E-state index contributed by atoms with van der Waals surface area (Å²) in [7, 11) is 0. The largest absolute Gasteiger partial charge is 0.313 e. The Balaban J connectivity index is 1.40. The summed E-state index contributed by atoms with van der Waals surface area (Å²) in [5.41, 5.74) is 7.10. The molecule has 0 fully saturated rings. The molecule has 4 aromatic rings. The lowest BCUT2D eigenvalue weighted by Gasteiger charge is -2.18. The van der Waals surface area contributed by atoms with Crippen molar-refractivity contribution < 1.29 is 4.79 Å². The number of thiophene rings is 1. The van der Waals surface area contributed by atoms with Crippen LogP contribution in [0.15, 0.2) is 42.5 Å². The Hall–Kier alpha value is -2.50. The van der Waals surface area contributed by atoms with E-state index in [9.17, 15) is 4.79 Å². The van der Waals surface area contributed by atoms with Gasteiger partial charge in [-0.05, 0) is 91.8 Å². The molecule has 1 N–H and O–H groups in total. The van der Waals surface area contributed by atoms with Gasteiger partial charge in [0, 0.05) is 16.0 Å². The number of carbonyl (C=O) groups excluding carboxylic acids is 1. The fraction of sp³-hybridized carbons (Fsp3) is 0.333. The minimum Gasteiger partial charge on any atom is -0.313 e. The van der Waals surface area contributed by atoms with Gasteiger partial charge >= 0.3 is 0 Å². The van der Waals surface area contributed by atoms with Gasteiger partial charge in [-0.3, -0.25) is 4.79 Å². The van der Waals surface area contributed by atoms with Crippen LogP contribution in [0.4, 0.5) is 5.00 Å². The molecule has 32 heavy (non-hydrogen) atoms. The minimum absolute atomic E-state index is 0.00706. The van der Waals surface area contributed by atoms with Crippen LogP contribution in [0.25, 0.3) is 20.8 Å². The van der Waals surface area contributed by atoms with E-state index in [2.05, 4.69) is 42.6 Å². The number of para-hydroxylation sites is 1. The fourth-order valence-corrected chi connectivity index (χ4v) is 7.61. The lowest BCUT2D eigenvalue weighted by atomic mass is 9.88. The Morgan fingerprint density at radius 1 is 1.03 bits per heavy atom. The monoisotopic (exact) mass is 458 g/mol. The number of nitrogens with one attached hydrogen (secondary N) is 1. The van der Waals surface area contributed by atoms with E-state index < -0.39 is 0 Å². The number of benzene rings is 2. The fourth-order valence-electron chi connectivity index (χ4n) is 5.09. The van der Waals surface area contributed by atoms with Crippen molar-refractivity contribution in [3.63, 3.8) is 0 Å². The zero-order chi connectivity index (χ0) is 21.7. The summed E-state index contributed by atoms with van der Waals surface area (Å²) in [4.78, 5) is 19.7. The Morgan fingerprint density at radius 3 is 2.75 bits per heavy atom. The SMILES string of the molecule is CC1CCc2c(sc(NC(=O)c3ccc4c(c3)CCCC4)c2-c2nc3ccccc3s2)C1. The number of amides is 1. The molecule has 162 valence electrons. The molecule has 2 aliphatic carbocycles. The number of aromatic nitrogens is 1. The summed E-state index contributed by atoms with van der Waals surface area (Å²) in [6.45, 7) is 2.32. The molecule has 0 radical (unpaired) electrons. The molecule has 1 atom stereocenters. The summed E-state index contributed by atoms with van der Waals surface area (Å²) in [5.74, 6) is 0.681. The highest BCUT2D eigenvalue weighted by Crippen LogP contribution is 2.47. The van der Waals surface area contributed by atoms with Crippen molar-refractivity contribution in [1.29, 1.82) is 0 Å². The molecule has 2 heterocycles. The van der Waals surface area contributed by atoms with Gasteiger partial charge in [-0.1, -0.05) is 25.1 Å². The number of thiazole rings is 1. The highest BCUT2D eigenvalue weighted by Gasteiger charge is 2.27. The number of nitrogens with zero attached hydrogens (tertiary/aromatic N) is 1. The van der Waals surface area contributed by atoms with Crippen LogP contribution in [0.3, 0.4) is 0 Å².